The van der Waals surface area contributed by atoms with Gasteiger partial charge in [0.1, 0.15) is 6.54 Å². The van der Waals surface area contributed by atoms with Crippen LogP contribution in [0.25, 0.3) is 0 Å². The van der Waals surface area contributed by atoms with Crippen LogP contribution in [-0.4, -0.2) is 62.5 Å². The Morgan fingerprint density at radius 3 is 2.38 bits per heavy atom. The second-order valence-corrected chi connectivity index (χ2v) is 4.32. The Hall–Kier alpha value is -2.50. The minimum absolute atomic E-state index is 0.0938. The highest BCUT2D eigenvalue weighted by Crippen LogP contribution is 2.24. The van der Waals surface area contributed by atoms with Crippen LogP contribution in [0.2, 0.25) is 0 Å². The Balaban J connectivity index is 2.22. The summed E-state index contributed by atoms with van der Waals surface area (Å²) < 4.78 is 15.7. The number of hydrogen-bond donors (Lipinski definition) is 0. The van der Waals surface area contributed by atoms with E-state index in [0.29, 0.717) is 5.16 Å². The number of carbonyl (C=O) groups is 1. The van der Waals surface area contributed by atoms with Crippen molar-refractivity contribution in [1.82, 2.24) is 35.2 Å². The number of aromatic nitrogens is 7. The SMILES string of the molecule is COC(=O)Cn1nnnc1Sc1nc(OC)nc(OC)n1. The van der Waals surface area contributed by atoms with Gasteiger partial charge in [0.15, 0.2) is 0 Å². The first-order chi connectivity index (χ1) is 10.2. The van der Waals surface area contributed by atoms with Gasteiger partial charge in [-0.25, -0.2) is 4.68 Å². The number of rotatable bonds is 6. The fourth-order valence-electron chi connectivity index (χ4n) is 1.19. The van der Waals surface area contributed by atoms with Gasteiger partial charge < -0.3 is 14.2 Å². The van der Waals surface area contributed by atoms with E-state index >= 15 is 0 Å². The highest BCUT2D eigenvalue weighted by atomic mass is 32.2. The molecule has 112 valence electrons. The Morgan fingerprint density at radius 1 is 1.14 bits per heavy atom. The third-order valence-electron chi connectivity index (χ3n) is 2.13. The van der Waals surface area contributed by atoms with Crippen molar-refractivity contribution in [3.05, 3.63) is 0 Å². The first-order valence-corrected chi connectivity index (χ1v) is 6.32. The molecule has 12 heteroatoms. The molecule has 0 spiro atoms. The summed E-state index contributed by atoms with van der Waals surface area (Å²) in [7, 11) is 4.12. The Morgan fingerprint density at radius 2 is 1.81 bits per heavy atom. The van der Waals surface area contributed by atoms with Gasteiger partial charge in [0.25, 0.3) is 0 Å². The average Bonchev–Trinajstić information content (AvgIpc) is 2.93. The van der Waals surface area contributed by atoms with Crippen molar-refractivity contribution in [2.45, 2.75) is 16.9 Å². The maximum absolute atomic E-state index is 11.3. The molecule has 0 fully saturated rings. The van der Waals surface area contributed by atoms with Crippen molar-refractivity contribution in [3.8, 4) is 12.0 Å². The lowest BCUT2D eigenvalue weighted by atomic mass is 10.7. The molecule has 0 saturated carbocycles. The summed E-state index contributed by atoms with van der Waals surface area (Å²) in [6, 6.07) is 0.188. The summed E-state index contributed by atoms with van der Waals surface area (Å²) >= 11 is 1.03. The molecule has 11 nitrogen and oxygen atoms in total. The molecule has 2 aromatic heterocycles. The summed E-state index contributed by atoms with van der Waals surface area (Å²) in [4.78, 5) is 23.2. The van der Waals surface area contributed by atoms with Crippen molar-refractivity contribution in [2.75, 3.05) is 21.3 Å². The quantitative estimate of drug-likeness (QED) is 0.621. The second kappa shape index (κ2) is 6.78. The monoisotopic (exact) mass is 313 g/mol. The molecular weight excluding hydrogens is 302 g/mol. The van der Waals surface area contributed by atoms with E-state index in [1.807, 2.05) is 0 Å². The summed E-state index contributed by atoms with van der Waals surface area (Å²) in [5.74, 6) is -0.477. The number of esters is 1. The molecular formula is C9H11N7O4S. The van der Waals surface area contributed by atoms with E-state index in [9.17, 15) is 4.79 Å². The van der Waals surface area contributed by atoms with E-state index in [2.05, 4.69) is 35.2 Å². The zero-order valence-electron chi connectivity index (χ0n) is 11.4. The average molecular weight is 313 g/mol. The summed E-state index contributed by atoms with van der Waals surface area (Å²) in [5.41, 5.74) is 0. The summed E-state index contributed by atoms with van der Waals surface area (Å²) in [5, 5.41) is 11.5. The van der Waals surface area contributed by atoms with E-state index in [4.69, 9.17) is 9.47 Å². The van der Waals surface area contributed by atoms with E-state index in [1.165, 1.54) is 26.0 Å². The van der Waals surface area contributed by atoms with Crippen molar-refractivity contribution >= 4 is 17.7 Å². The number of nitrogens with zero attached hydrogens (tertiary/aromatic N) is 7. The molecule has 0 unspecified atom stereocenters. The van der Waals surface area contributed by atoms with Crippen molar-refractivity contribution in [2.24, 2.45) is 0 Å². The van der Waals surface area contributed by atoms with E-state index in [1.54, 1.807) is 0 Å². The lowest BCUT2D eigenvalue weighted by Crippen LogP contribution is -2.14. The Labute approximate surface area is 123 Å². The predicted octanol–water partition coefficient (Wildman–Crippen LogP) is -0.801. The molecule has 0 atom stereocenters. The molecule has 0 aromatic carbocycles. The molecule has 2 heterocycles. The van der Waals surface area contributed by atoms with Gasteiger partial charge in [-0.15, -0.1) is 10.1 Å². The largest absolute Gasteiger partial charge is 0.468 e. The molecule has 0 saturated heterocycles. The number of ether oxygens (including phenoxy) is 3. The molecule has 0 amide bonds. The molecule has 0 aliphatic carbocycles. The van der Waals surface area contributed by atoms with Crippen LogP contribution in [0.1, 0.15) is 0 Å². The molecule has 21 heavy (non-hydrogen) atoms. The molecule has 0 N–H and O–H groups in total. The van der Waals surface area contributed by atoms with Gasteiger partial charge in [-0.3, -0.25) is 4.79 Å². The van der Waals surface area contributed by atoms with Crippen LogP contribution in [-0.2, 0) is 16.1 Å². The third kappa shape index (κ3) is 3.75. The van der Waals surface area contributed by atoms with E-state index in [-0.39, 0.29) is 23.7 Å². The van der Waals surface area contributed by atoms with E-state index in [0.717, 1.165) is 11.8 Å². The maximum Gasteiger partial charge on any atom is 0.327 e. The van der Waals surface area contributed by atoms with Crippen molar-refractivity contribution in [1.29, 1.82) is 0 Å². The topological polar surface area (TPSA) is 127 Å². The van der Waals surface area contributed by atoms with Crippen LogP contribution in [0.5, 0.6) is 12.0 Å². The second-order valence-electron chi connectivity index (χ2n) is 3.39. The highest BCUT2D eigenvalue weighted by molar-refractivity contribution is 7.99. The maximum atomic E-state index is 11.3. The fraction of sp³-hybridized carbons (Fsp3) is 0.444. The van der Waals surface area contributed by atoms with Gasteiger partial charge in [0.2, 0.25) is 10.3 Å². The molecule has 0 radical (unpaired) electrons. The fourth-order valence-corrected chi connectivity index (χ4v) is 1.88. The van der Waals surface area contributed by atoms with Crippen LogP contribution < -0.4 is 9.47 Å². The van der Waals surface area contributed by atoms with Gasteiger partial charge in [-0.1, -0.05) is 0 Å². The van der Waals surface area contributed by atoms with Crippen molar-refractivity contribution < 1.29 is 19.0 Å². The summed E-state index contributed by atoms with van der Waals surface area (Å²) in [6.45, 7) is -0.120. The number of carbonyl (C=O) groups excluding carboxylic acids is 1. The molecule has 0 aliphatic rings. The highest BCUT2D eigenvalue weighted by Gasteiger charge is 2.15. The van der Waals surface area contributed by atoms with Crippen molar-refractivity contribution in [3.63, 3.8) is 0 Å². The third-order valence-corrected chi connectivity index (χ3v) is 2.97. The first kappa shape index (κ1) is 14.9. The molecule has 0 aliphatic heterocycles. The summed E-state index contributed by atoms with van der Waals surface area (Å²) in [6.07, 6.45) is 0. The number of tetrazole rings is 1. The molecule has 2 aromatic rings. The minimum Gasteiger partial charge on any atom is -0.468 e. The number of methoxy groups -OCH3 is 3. The van der Waals surface area contributed by atoms with Gasteiger partial charge >= 0.3 is 18.0 Å². The first-order valence-electron chi connectivity index (χ1n) is 5.51. The number of hydrogen-bond acceptors (Lipinski definition) is 11. The van der Waals surface area contributed by atoms with Gasteiger partial charge in [-0.05, 0) is 22.2 Å². The van der Waals surface area contributed by atoms with Crippen LogP contribution >= 0.6 is 11.8 Å². The zero-order valence-corrected chi connectivity index (χ0v) is 12.2. The van der Waals surface area contributed by atoms with Crippen LogP contribution in [0, 0.1) is 0 Å². The Bertz CT molecular complexity index is 612. The lowest BCUT2D eigenvalue weighted by molar-refractivity contribution is -0.141. The van der Waals surface area contributed by atoms with Crippen LogP contribution in [0.15, 0.2) is 10.3 Å². The lowest BCUT2D eigenvalue weighted by Gasteiger charge is -2.04. The zero-order chi connectivity index (χ0) is 15.2. The molecule has 0 bridgehead atoms. The van der Waals surface area contributed by atoms with E-state index < -0.39 is 5.97 Å². The van der Waals surface area contributed by atoms with Gasteiger partial charge in [-0.2, -0.15) is 9.97 Å². The van der Waals surface area contributed by atoms with Gasteiger partial charge in [0, 0.05) is 0 Å². The van der Waals surface area contributed by atoms with Crippen LogP contribution in [0.4, 0.5) is 0 Å². The normalized spacial score (nSPS) is 10.2. The molecule has 2 rings (SSSR count). The van der Waals surface area contributed by atoms with Gasteiger partial charge in [0.05, 0.1) is 21.3 Å². The predicted molar refractivity (Wildman–Crippen MR) is 66.9 cm³/mol. The minimum atomic E-state index is -0.477. The van der Waals surface area contributed by atoms with Crippen LogP contribution in [0.3, 0.4) is 0 Å². The standard InChI is InChI=1S/C9H11N7O4S/c1-18-5(17)4-16-9(13-14-15-16)21-8-11-6(19-2)10-7(12-8)20-3/h4H2,1-3H3. The Kier molecular flexibility index (Phi) is 4.81. The smallest absolute Gasteiger partial charge is 0.327 e.